The standard InChI is InChI=1S/C33H25F8.C3H5.2CH3.Zr/c34-26-22-21(23-25(24(22)28(36)32(40)30(26)38)29(37)33(41)31(39)27(23)35)20-18(13-17-7-3-4-8-19(17)20)10-9-14-11-15-5-1-2-6-16(15)12-14;1-3-2;;;/h1-8,11,14-21H,9-10,12-13H2;3H,1-2H2;2*1H3;. The maximum atomic E-state index is 15.8. The van der Waals surface area contributed by atoms with Crippen molar-refractivity contribution >= 4 is 0 Å². The Kier molecular flexibility index (Phi) is 8.49. The predicted octanol–water partition coefficient (Wildman–Crippen LogP) is 11.7. The molecule has 2 aromatic rings. The first kappa shape index (κ1) is 33.0. The molecule has 47 heavy (non-hydrogen) atoms. The Hall–Kier alpha value is -2.54. The molecule has 8 atom stereocenters. The normalized spacial score (nSPS) is 30.5. The molecule has 0 N–H and O–H groups in total. The zero-order valence-corrected chi connectivity index (χ0v) is 28.6. The van der Waals surface area contributed by atoms with Gasteiger partial charge in [-0.25, -0.2) is 0 Å². The summed E-state index contributed by atoms with van der Waals surface area (Å²) in [6.07, 6.45) is 21.3. The van der Waals surface area contributed by atoms with E-state index in [4.69, 9.17) is 0 Å². The van der Waals surface area contributed by atoms with Crippen LogP contribution in [-0.4, -0.2) is 0 Å². The fourth-order valence-electron chi connectivity index (χ4n) is 10.3. The van der Waals surface area contributed by atoms with Crippen LogP contribution in [0.5, 0.6) is 0 Å². The number of allylic oxidation sites excluding steroid dienone is 9. The Balaban J connectivity index is 1.33. The molecule has 0 bridgehead atoms. The van der Waals surface area contributed by atoms with E-state index in [9.17, 15) is 17.6 Å². The van der Waals surface area contributed by atoms with Crippen LogP contribution in [0.2, 0.25) is 17.0 Å². The van der Waals surface area contributed by atoms with E-state index in [1.807, 2.05) is 24.3 Å². The Bertz CT molecular complexity index is 1700. The molecule has 248 valence electrons. The average Bonchev–Trinajstić information content (AvgIpc) is 3.72. The number of halogens is 8. The van der Waals surface area contributed by atoms with E-state index in [2.05, 4.69) is 40.1 Å². The Morgan fingerprint density at radius 1 is 0.617 bits per heavy atom. The molecule has 0 aromatic heterocycles. The topological polar surface area (TPSA) is 0 Å². The number of fused-ring (bicyclic) bond motifs is 5. The first-order valence-corrected chi connectivity index (χ1v) is 24.5. The molecule has 5 aliphatic rings. The van der Waals surface area contributed by atoms with Gasteiger partial charge in [-0.1, -0.05) is 0 Å². The molecule has 2 saturated carbocycles. The summed E-state index contributed by atoms with van der Waals surface area (Å²) in [5, 5.41) is 0. The fourth-order valence-corrected chi connectivity index (χ4v) is 20.2. The molecule has 0 spiro atoms. The van der Waals surface area contributed by atoms with Crippen molar-refractivity contribution in [1.29, 1.82) is 0 Å². The van der Waals surface area contributed by atoms with E-state index in [0.29, 0.717) is 34.2 Å². The predicted molar refractivity (Wildman–Crippen MR) is 163 cm³/mol. The van der Waals surface area contributed by atoms with E-state index in [1.54, 1.807) is 6.08 Å². The van der Waals surface area contributed by atoms with Gasteiger partial charge in [0.05, 0.1) is 0 Å². The molecule has 0 amide bonds. The molecular formula is C38H36F8Zr. The van der Waals surface area contributed by atoms with E-state index >= 15 is 17.6 Å². The summed E-state index contributed by atoms with van der Waals surface area (Å²) in [6.45, 7) is 4.03. The number of hydrogen-bond donors (Lipinski definition) is 0. The molecule has 0 saturated heterocycles. The van der Waals surface area contributed by atoms with Crippen molar-refractivity contribution in [1.82, 2.24) is 0 Å². The van der Waals surface area contributed by atoms with Crippen molar-refractivity contribution in [3.8, 4) is 11.1 Å². The van der Waals surface area contributed by atoms with Crippen LogP contribution < -0.4 is 0 Å². The van der Waals surface area contributed by atoms with Gasteiger partial charge in [0.15, 0.2) is 0 Å². The van der Waals surface area contributed by atoms with Gasteiger partial charge in [-0.15, -0.1) is 0 Å². The summed E-state index contributed by atoms with van der Waals surface area (Å²) < 4.78 is 128. The Morgan fingerprint density at radius 3 is 1.62 bits per heavy atom. The second kappa shape index (κ2) is 12.1. The summed E-state index contributed by atoms with van der Waals surface area (Å²) in [4.78, 5) is 0. The van der Waals surface area contributed by atoms with Gasteiger partial charge in [0.2, 0.25) is 0 Å². The van der Waals surface area contributed by atoms with E-state index in [-0.39, 0.29) is 17.8 Å². The van der Waals surface area contributed by atoms with Gasteiger partial charge in [-0.3, -0.25) is 0 Å². The summed E-state index contributed by atoms with van der Waals surface area (Å²) in [7, 11) is 0. The van der Waals surface area contributed by atoms with Crippen molar-refractivity contribution in [3.63, 3.8) is 0 Å². The van der Waals surface area contributed by atoms with Gasteiger partial charge in [0.25, 0.3) is 0 Å². The second-order valence-corrected chi connectivity index (χ2v) is 27.2. The molecule has 0 radical (unpaired) electrons. The zero-order chi connectivity index (χ0) is 33.5. The van der Waals surface area contributed by atoms with Gasteiger partial charge in [-0.2, -0.15) is 0 Å². The molecule has 2 fully saturated rings. The second-order valence-electron chi connectivity index (χ2n) is 14.7. The van der Waals surface area contributed by atoms with Gasteiger partial charge >= 0.3 is 275 Å². The SMILES string of the molecule is C=C[CH2][Zr]([CH3])([CH3])[CH]1C(CCC2CC3C=CC=CC3C2C2c3c(F)c(F)c(F)c(F)c3-c3c(F)c(F)c(F)c(F)c32)CC2C=CC=CC21. The molecule has 2 aromatic carbocycles. The zero-order valence-electron chi connectivity index (χ0n) is 26.2. The molecule has 9 heteroatoms. The minimum atomic E-state index is -2.69. The first-order valence-electron chi connectivity index (χ1n) is 16.4. The summed E-state index contributed by atoms with van der Waals surface area (Å²) >= 11 is -2.69. The third kappa shape index (κ3) is 4.98. The van der Waals surface area contributed by atoms with Gasteiger partial charge < -0.3 is 0 Å². The first-order chi connectivity index (χ1) is 22.4. The van der Waals surface area contributed by atoms with Gasteiger partial charge in [0, 0.05) is 0 Å². The Morgan fingerprint density at radius 2 is 1.06 bits per heavy atom. The molecule has 0 nitrogen and oxygen atoms in total. The van der Waals surface area contributed by atoms with Crippen LogP contribution in [0.25, 0.3) is 11.1 Å². The van der Waals surface area contributed by atoms with Crippen LogP contribution in [0.15, 0.2) is 61.3 Å². The summed E-state index contributed by atoms with van der Waals surface area (Å²) in [5.41, 5.74) is -3.71. The van der Waals surface area contributed by atoms with E-state index in [0.717, 1.165) is 17.0 Å². The van der Waals surface area contributed by atoms with Crippen molar-refractivity contribution in [2.75, 3.05) is 0 Å². The van der Waals surface area contributed by atoms with Crippen LogP contribution in [-0.2, 0) is 20.3 Å². The maximum absolute atomic E-state index is 15.8. The van der Waals surface area contributed by atoms with E-state index < -0.39 is 101 Å². The van der Waals surface area contributed by atoms with Crippen molar-refractivity contribution in [3.05, 3.63) is 119 Å². The monoisotopic (exact) mass is 734 g/mol. The number of benzene rings is 2. The molecule has 8 unspecified atom stereocenters. The third-order valence-corrected chi connectivity index (χ3v) is 21.8. The molecule has 0 aliphatic heterocycles. The quantitative estimate of drug-likeness (QED) is 0.115. The molecule has 0 heterocycles. The summed E-state index contributed by atoms with van der Waals surface area (Å²) in [6, 6.07) is 0. The summed E-state index contributed by atoms with van der Waals surface area (Å²) in [5.74, 6) is -18.0. The fraction of sp³-hybridized carbons (Fsp3) is 0.421. The van der Waals surface area contributed by atoms with Crippen LogP contribution in [0.4, 0.5) is 35.1 Å². The van der Waals surface area contributed by atoms with Crippen LogP contribution in [0.3, 0.4) is 0 Å². The van der Waals surface area contributed by atoms with Crippen LogP contribution >= 0.6 is 0 Å². The van der Waals surface area contributed by atoms with Gasteiger partial charge in [0.1, 0.15) is 0 Å². The number of rotatable bonds is 7. The van der Waals surface area contributed by atoms with E-state index in [1.165, 1.54) is 0 Å². The van der Waals surface area contributed by atoms with Gasteiger partial charge in [-0.05, 0) is 0 Å². The minimum absolute atomic E-state index is 0.0943. The van der Waals surface area contributed by atoms with Crippen molar-refractivity contribution in [2.24, 2.45) is 41.4 Å². The molecule has 7 rings (SSSR count). The average molecular weight is 736 g/mol. The van der Waals surface area contributed by atoms with Crippen LogP contribution in [0.1, 0.15) is 42.7 Å². The Labute approximate surface area is 274 Å². The number of hydrogen-bond acceptors (Lipinski definition) is 0. The molecule has 5 aliphatic carbocycles. The third-order valence-electron chi connectivity index (χ3n) is 12.0. The van der Waals surface area contributed by atoms with Crippen molar-refractivity contribution in [2.45, 2.75) is 48.6 Å². The van der Waals surface area contributed by atoms with Crippen LogP contribution in [0, 0.1) is 88.0 Å². The van der Waals surface area contributed by atoms with Crippen molar-refractivity contribution < 1.29 is 55.4 Å². The molecular weight excluding hydrogens is 700 g/mol.